The molecule has 2 N–H and O–H groups in total. The number of hydrogen-bond acceptors (Lipinski definition) is 10. The number of amides is 1. The first-order valence-corrected chi connectivity index (χ1v) is 18.9. The lowest BCUT2D eigenvalue weighted by molar-refractivity contribution is 0.111. The van der Waals surface area contributed by atoms with E-state index in [9.17, 15) is 23.1 Å². The highest BCUT2D eigenvalue weighted by molar-refractivity contribution is 7.90. The van der Waals surface area contributed by atoms with Gasteiger partial charge in [-0.15, -0.1) is 0 Å². The maximum Gasteiger partial charge on any atom is 0.407 e. The molecule has 0 aliphatic rings. The van der Waals surface area contributed by atoms with Crippen molar-refractivity contribution < 1.29 is 42.4 Å². The third-order valence-corrected chi connectivity index (χ3v) is 10.0. The van der Waals surface area contributed by atoms with Gasteiger partial charge in [0.2, 0.25) is 11.8 Å². The van der Waals surface area contributed by atoms with Crippen LogP contribution in [0.1, 0.15) is 21.5 Å². The van der Waals surface area contributed by atoms with E-state index in [0.717, 1.165) is 22.3 Å². The topological polar surface area (TPSA) is 165 Å². The lowest BCUT2D eigenvalue weighted by Gasteiger charge is -2.18. The normalized spacial score (nSPS) is 11.2. The van der Waals surface area contributed by atoms with Gasteiger partial charge in [0.25, 0.3) is 0 Å². The van der Waals surface area contributed by atoms with Gasteiger partial charge in [0, 0.05) is 53.0 Å². The standard InChI is InChI=1S/C37H32Cl3N3O9S/c1-53(48,49)28-16-23(18-41-19-28)21-51-35-26(20-45)17-32(38)36(42-35)52-22-25-4-2-6-30(33(25)39)31-7-3-5-29(34(31)40)24-8-10-27(11-9-24)50-15-13-43(12-14-44)37(46)47/h2-11,16-20,44H,12-15,21-22H2,1H3,(H,46,47). The number of carboxylic acid groups (broad SMARTS) is 1. The Morgan fingerprint density at radius 1 is 0.849 bits per heavy atom. The van der Waals surface area contributed by atoms with Crippen LogP contribution in [0.2, 0.25) is 15.1 Å². The molecule has 0 radical (unpaired) electrons. The van der Waals surface area contributed by atoms with Gasteiger partial charge in [-0.1, -0.05) is 83.3 Å². The molecule has 2 aromatic heterocycles. The largest absolute Gasteiger partial charge is 0.492 e. The van der Waals surface area contributed by atoms with Crippen LogP contribution in [0.4, 0.5) is 4.79 Å². The van der Waals surface area contributed by atoms with E-state index in [1.54, 1.807) is 24.3 Å². The van der Waals surface area contributed by atoms with Crippen LogP contribution in [-0.2, 0) is 23.1 Å². The minimum atomic E-state index is -3.49. The lowest BCUT2D eigenvalue weighted by Crippen LogP contribution is -2.35. The average molecular weight is 801 g/mol. The summed E-state index contributed by atoms with van der Waals surface area (Å²) in [5.74, 6) is 0.445. The second-order valence-electron chi connectivity index (χ2n) is 11.5. The molecular weight excluding hydrogens is 769 g/mol. The summed E-state index contributed by atoms with van der Waals surface area (Å²) in [6, 6.07) is 20.9. The molecule has 0 saturated heterocycles. The van der Waals surface area contributed by atoms with Crippen molar-refractivity contribution in [1.82, 2.24) is 14.9 Å². The van der Waals surface area contributed by atoms with Gasteiger partial charge in [0.15, 0.2) is 16.1 Å². The molecule has 5 rings (SSSR count). The number of benzene rings is 3. The summed E-state index contributed by atoms with van der Waals surface area (Å²) in [6.07, 6.45) is 3.14. The van der Waals surface area contributed by atoms with Gasteiger partial charge >= 0.3 is 6.09 Å². The van der Waals surface area contributed by atoms with Crippen molar-refractivity contribution in [2.45, 2.75) is 18.1 Å². The van der Waals surface area contributed by atoms with Crippen LogP contribution in [0.5, 0.6) is 17.5 Å². The van der Waals surface area contributed by atoms with Crippen molar-refractivity contribution in [1.29, 1.82) is 0 Å². The lowest BCUT2D eigenvalue weighted by atomic mass is 9.97. The van der Waals surface area contributed by atoms with Gasteiger partial charge in [-0.05, 0) is 29.8 Å². The number of aldehydes is 1. The first-order valence-electron chi connectivity index (χ1n) is 15.8. The average Bonchev–Trinajstić information content (AvgIpc) is 3.14. The van der Waals surface area contributed by atoms with E-state index in [1.807, 2.05) is 36.4 Å². The van der Waals surface area contributed by atoms with Crippen LogP contribution in [0.3, 0.4) is 0 Å². The number of pyridine rings is 2. The number of aromatic nitrogens is 2. The van der Waals surface area contributed by atoms with Crippen LogP contribution >= 0.6 is 34.8 Å². The fourth-order valence-corrected chi connectivity index (χ4v) is 6.56. The Hall–Kier alpha value is -4.92. The molecule has 0 unspecified atom stereocenters. The van der Waals surface area contributed by atoms with E-state index >= 15 is 0 Å². The van der Waals surface area contributed by atoms with Crippen LogP contribution < -0.4 is 14.2 Å². The molecule has 0 saturated carbocycles. The molecule has 16 heteroatoms. The second-order valence-corrected chi connectivity index (χ2v) is 14.7. The van der Waals surface area contributed by atoms with Gasteiger partial charge in [0.1, 0.15) is 30.6 Å². The van der Waals surface area contributed by atoms with Crippen LogP contribution in [0.15, 0.2) is 90.1 Å². The first kappa shape index (κ1) is 39.3. The van der Waals surface area contributed by atoms with E-state index in [2.05, 4.69) is 9.97 Å². The number of halogens is 3. The zero-order chi connectivity index (χ0) is 38.1. The summed E-state index contributed by atoms with van der Waals surface area (Å²) < 4.78 is 41.2. The number of carbonyl (C=O) groups is 2. The minimum absolute atomic E-state index is 0.00200. The quantitative estimate of drug-likeness (QED) is 0.0950. The minimum Gasteiger partial charge on any atom is -0.492 e. The molecule has 3 aromatic carbocycles. The van der Waals surface area contributed by atoms with Crippen LogP contribution in [0, 0.1) is 0 Å². The van der Waals surface area contributed by atoms with Crippen molar-refractivity contribution in [2.24, 2.45) is 0 Å². The number of sulfone groups is 1. The molecule has 0 aliphatic carbocycles. The molecule has 1 amide bonds. The van der Waals surface area contributed by atoms with Gasteiger partial charge in [0.05, 0.1) is 33.7 Å². The number of hydrogen-bond donors (Lipinski definition) is 2. The zero-order valence-corrected chi connectivity index (χ0v) is 31.1. The fraction of sp³-hybridized carbons (Fsp3) is 0.189. The highest BCUT2D eigenvalue weighted by Gasteiger charge is 2.18. The van der Waals surface area contributed by atoms with Crippen molar-refractivity contribution in [3.8, 4) is 39.8 Å². The maximum absolute atomic E-state index is 11.9. The maximum atomic E-state index is 11.9. The number of nitrogens with zero attached hydrogens (tertiary/aromatic N) is 3. The van der Waals surface area contributed by atoms with Crippen molar-refractivity contribution in [3.05, 3.63) is 117 Å². The monoisotopic (exact) mass is 799 g/mol. The van der Waals surface area contributed by atoms with E-state index < -0.39 is 15.9 Å². The van der Waals surface area contributed by atoms with E-state index in [-0.39, 0.29) is 66.8 Å². The van der Waals surface area contributed by atoms with Gasteiger partial charge in [-0.25, -0.2) is 13.2 Å². The molecule has 0 spiro atoms. The summed E-state index contributed by atoms with van der Waals surface area (Å²) in [7, 11) is -3.49. The third-order valence-electron chi connectivity index (χ3n) is 7.80. The highest BCUT2D eigenvalue weighted by atomic mass is 35.5. The number of aliphatic hydroxyl groups excluding tert-OH is 1. The van der Waals surface area contributed by atoms with E-state index in [4.69, 9.17) is 54.1 Å². The summed E-state index contributed by atoms with van der Waals surface area (Å²) >= 11 is 20.3. The highest BCUT2D eigenvalue weighted by Crippen LogP contribution is 2.41. The zero-order valence-electron chi connectivity index (χ0n) is 28.0. The molecule has 53 heavy (non-hydrogen) atoms. The molecule has 0 atom stereocenters. The van der Waals surface area contributed by atoms with Crippen molar-refractivity contribution >= 4 is 57.0 Å². The van der Waals surface area contributed by atoms with Crippen molar-refractivity contribution in [2.75, 3.05) is 32.6 Å². The predicted molar refractivity (Wildman–Crippen MR) is 200 cm³/mol. The smallest absolute Gasteiger partial charge is 0.407 e. The van der Waals surface area contributed by atoms with Crippen LogP contribution in [0.25, 0.3) is 22.3 Å². The van der Waals surface area contributed by atoms with E-state index in [1.165, 1.54) is 24.5 Å². The summed E-state index contributed by atoms with van der Waals surface area (Å²) in [5.41, 5.74) is 3.97. The Morgan fingerprint density at radius 3 is 2.21 bits per heavy atom. The van der Waals surface area contributed by atoms with Gasteiger partial charge < -0.3 is 29.3 Å². The number of carbonyl (C=O) groups excluding carboxylic acids is 1. The molecule has 0 aliphatic heterocycles. The molecule has 0 fully saturated rings. The Kier molecular flexibility index (Phi) is 13.1. The Labute approximate surface area is 320 Å². The molecule has 5 aromatic rings. The Bertz CT molecular complexity index is 2220. The molecular formula is C37H32Cl3N3O9S. The summed E-state index contributed by atoms with van der Waals surface area (Å²) in [5, 5.41) is 19.1. The summed E-state index contributed by atoms with van der Waals surface area (Å²) in [6.45, 7) is -0.244. The second kappa shape index (κ2) is 17.7. The predicted octanol–water partition coefficient (Wildman–Crippen LogP) is 7.50. The molecule has 276 valence electrons. The number of ether oxygens (including phenoxy) is 3. The van der Waals surface area contributed by atoms with Crippen molar-refractivity contribution in [3.63, 3.8) is 0 Å². The van der Waals surface area contributed by atoms with Gasteiger partial charge in [-0.2, -0.15) is 4.98 Å². The third kappa shape index (κ3) is 9.95. The van der Waals surface area contributed by atoms with Gasteiger partial charge in [-0.3, -0.25) is 9.78 Å². The first-order chi connectivity index (χ1) is 25.4. The molecule has 2 heterocycles. The number of rotatable bonds is 16. The molecule has 12 nitrogen and oxygen atoms in total. The van der Waals surface area contributed by atoms with E-state index in [0.29, 0.717) is 44.3 Å². The molecule has 0 bridgehead atoms. The Morgan fingerprint density at radius 2 is 1.53 bits per heavy atom. The Balaban J connectivity index is 1.30. The SMILES string of the molecule is CS(=O)(=O)c1cncc(COc2nc(OCc3cccc(-c4cccc(-c5ccc(OCCN(CCO)C(=O)O)cc5)c4Cl)c3Cl)c(Cl)cc2C=O)c1. The number of aliphatic hydroxyl groups is 1. The fourth-order valence-electron chi connectivity index (χ4n) is 5.11. The van der Waals surface area contributed by atoms with Crippen LogP contribution in [-0.4, -0.2) is 78.4 Å². The summed E-state index contributed by atoms with van der Waals surface area (Å²) in [4.78, 5) is 32.4.